The molecule has 0 atom stereocenters. The third-order valence-electron chi connectivity index (χ3n) is 4.05. The number of para-hydroxylation sites is 1. The second-order valence-corrected chi connectivity index (χ2v) is 7.87. The number of phenolic OH excluding ortho intramolecular Hbond substituents is 1. The molecule has 0 aliphatic rings. The Kier molecular flexibility index (Phi) is 5.44. The Labute approximate surface area is 176 Å². The molecule has 0 aliphatic heterocycles. The summed E-state index contributed by atoms with van der Waals surface area (Å²) in [6, 6.07) is 18.4. The normalized spacial score (nSPS) is 11.8. The van der Waals surface area contributed by atoms with E-state index in [0.29, 0.717) is 15.6 Å². The molecular formula is C22H14Cl2N2OS. The number of rotatable bonds is 4. The highest BCUT2D eigenvalue weighted by atomic mass is 35.5. The number of thiazole rings is 1. The van der Waals surface area contributed by atoms with Gasteiger partial charge < -0.3 is 5.11 Å². The van der Waals surface area contributed by atoms with E-state index in [9.17, 15) is 5.11 Å². The first kappa shape index (κ1) is 18.7. The molecule has 0 radical (unpaired) electrons. The van der Waals surface area contributed by atoms with E-state index in [1.165, 1.54) is 11.3 Å². The number of hydrogen-bond acceptors (Lipinski definition) is 4. The lowest BCUT2D eigenvalue weighted by atomic mass is 10.2. The lowest BCUT2D eigenvalue weighted by molar-refractivity contribution is 0.477. The highest BCUT2D eigenvalue weighted by molar-refractivity contribution is 7.21. The molecule has 6 heteroatoms. The highest BCUT2D eigenvalue weighted by Crippen LogP contribution is 2.37. The van der Waals surface area contributed by atoms with Crippen LogP contribution in [0, 0.1) is 0 Å². The summed E-state index contributed by atoms with van der Waals surface area (Å²) in [5.41, 5.74) is 3.16. The van der Waals surface area contributed by atoms with Crippen LogP contribution < -0.4 is 0 Å². The summed E-state index contributed by atoms with van der Waals surface area (Å²) in [6.45, 7) is 0. The van der Waals surface area contributed by atoms with Crippen LogP contribution in [0.25, 0.3) is 26.9 Å². The summed E-state index contributed by atoms with van der Waals surface area (Å²) < 4.78 is 1.08. The second kappa shape index (κ2) is 8.15. The number of nitrogens with zero attached hydrogens (tertiary/aromatic N) is 2. The van der Waals surface area contributed by atoms with Crippen LogP contribution in [0.5, 0.6) is 5.75 Å². The molecule has 3 aromatic carbocycles. The van der Waals surface area contributed by atoms with Gasteiger partial charge in [-0.1, -0.05) is 47.5 Å². The van der Waals surface area contributed by atoms with Crippen LogP contribution in [0.2, 0.25) is 10.0 Å². The van der Waals surface area contributed by atoms with Crippen molar-refractivity contribution < 1.29 is 5.11 Å². The van der Waals surface area contributed by atoms with Crippen molar-refractivity contribution in [3.63, 3.8) is 0 Å². The molecule has 28 heavy (non-hydrogen) atoms. The van der Waals surface area contributed by atoms with E-state index >= 15 is 0 Å². The number of aliphatic imine (C=N–C) groups is 1. The van der Waals surface area contributed by atoms with E-state index in [0.717, 1.165) is 26.5 Å². The zero-order valence-corrected chi connectivity index (χ0v) is 16.8. The van der Waals surface area contributed by atoms with Crippen LogP contribution in [0.4, 0.5) is 5.69 Å². The van der Waals surface area contributed by atoms with Crippen molar-refractivity contribution in [3.05, 3.63) is 82.3 Å². The molecule has 0 unspecified atom stereocenters. The van der Waals surface area contributed by atoms with Gasteiger partial charge in [0.2, 0.25) is 0 Å². The minimum Gasteiger partial charge on any atom is -0.507 e. The van der Waals surface area contributed by atoms with Crippen LogP contribution in [0.15, 0.2) is 71.7 Å². The first-order chi connectivity index (χ1) is 13.6. The maximum absolute atomic E-state index is 10.3. The number of fused-ring (bicyclic) bond motifs is 1. The lowest BCUT2D eigenvalue weighted by Crippen LogP contribution is -1.78. The quantitative estimate of drug-likeness (QED) is 0.347. The monoisotopic (exact) mass is 424 g/mol. The summed E-state index contributed by atoms with van der Waals surface area (Å²) in [5, 5.41) is 12.2. The minimum atomic E-state index is 0.182. The van der Waals surface area contributed by atoms with Gasteiger partial charge in [-0.2, -0.15) is 0 Å². The number of phenols is 1. The van der Waals surface area contributed by atoms with Crippen LogP contribution in [0.1, 0.15) is 5.56 Å². The van der Waals surface area contributed by atoms with E-state index in [1.54, 1.807) is 36.6 Å². The van der Waals surface area contributed by atoms with Crippen LogP contribution >= 0.6 is 34.5 Å². The number of hydrogen-bond donors (Lipinski definition) is 1. The molecule has 138 valence electrons. The Morgan fingerprint density at radius 1 is 1.00 bits per heavy atom. The van der Waals surface area contributed by atoms with E-state index in [4.69, 9.17) is 23.2 Å². The third-order valence-corrected chi connectivity index (χ3v) is 5.68. The van der Waals surface area contributed by atoms with Crippen molar-refractivity contribution in [1.29, 1.82) is 0 Å². The molecule has 1 aromatic heterocycles. The van der Waals surface area contributed by atoms with Gasteiger partial charge in [0.15, 0.2) is 0 Å². The average molecular weight is 425 g/mol. The Morgan fingerprint density at radius 3 is 2.68 bits per heavy atom. The number of aromatic nitrogens is 1. The van der Waals surface area contributed by atoms with Gasteiger partial charge in [0.05, 0.1) is 21.5 Å². The van der Waals surface area contributed by atoms with Crippen LogP contribution in [-0.2, 0) is 0 Å². The Bertz CT molecular complexity index is 1180. The van der Waals surface area contributed by atoms with E-state index in [-0.39, 0.29) is 5.75 Å². The molecule has 0 fully saturated rings. The standard InChI is InChI=1S/C22H14Cl2N2OS/c23-15-8-7-14(18(24)12-15)4-3-11-25-16-9-10-20(27)17(13-16)22-26-19-5-1-2-6-21(19)28-22/h1-13,27H/b4-3+,25-11?. The predicted octanol–water partition coefficient (Wildman–Crippen LogP) is 7.39. The highest BCUT2D eigenvalue weighted by Gasteiger charge is 2.10. The third kappa shape index (κ3) is 4.09. The Morgan fingerprint density at radius 2 is 1.86 bits per heavy atom. The molecule has 4 aromatic rings. The zero-order valence-electron chi connectivity index (χ0n) is 14.5. The topological polar surface area (TPSA) is 45.5 Å². The van der Waals surface area contributed by atoms with Crippen molar-refractivity contribution in [2.45, 2.75) is 0 Å². The average Bonchev–Trinajstić information content (AvgIpc) is 3.11. The zero-order chi connectivity index (χ0) is 19.5. The number of aromatic hydroxyl groups is 1. The van der Waals surface area contributed by atoms with Crippen molar-refractivity contribution in [3.8, 4) is 16.3 Å². The van der Waals surface area contributed by atoms with Gasteiger partial charge >= 0.3 is 0 Å². The smallest absolute Gasteiger partial charge is 0.128 e. The predicted molar refractivity (Wildman–Crippen MR) is 120 cm³/mol. The largest absolute Gasteiger partial charge is 0.507 e. The van der Waals surface area contributed by atoms with Gasteiger partial charge in [-0.15, -0.1) is 11.3 Å². The van der Waals surface area contributed by atoms with Crippen LogP contribution in [0.3, 0.4) is 0 Å². The summed E-state index contributed by atoms with van der Waals surface area (Å²) in [4.78, 5) is 9.04. The van der Waals surface area contributed by atoms with Gasteiger partial charge in [-0.3, -0.25) is 4.99 Å². The molecule has 0 saturated heterocycles. The first-order valence-electron chi connectivity index (χ1n) is 8.45. The Hall–Kier alpha value is -2.66. The van der Waals surface area contributed by atoms with Gasteiger partial charge in [0.25, 0.3) is 0 Å². The molecule has 1 N–H and O–H groups in total. The lowest BCUT2D eigenvalue weighted by Gasteiger charge is -2.02. The number of allylic oxidation sites excluding steroid dienone is 1. The molecule has 1 heterocycles. The van der Waals surface area contributed by atoms with Crippen molar-refractivity contribution in [2.24, 2.45) is 4.99 Å². The molecule has 4 rings (SSSR count). The minimum absolute atomic E-state index is 0.182. The van der Waals surface area contributed by atoms with Gasteiger partial charge in [0, 0.05) is 16.3 Å². The fourth-order valence-electron chi connectivity index (χ4n) is 2.68. The molecule has 0 bridgehead atoms. The number of halogens is 2. The summed E-state index contributed by atoms with van der Waals surface area (Å²) >= 11 is 13.6. The fourth-order valence-corrected chi connectivity index (χ4v) is 4.14. The second-order valence-electron chi connectivity index (χ2n) is 5.99. The summed E-state index contributed by atoms with van der Waals surface area (Å²) in [5.74, 6) is 0.182. The van der Waals surface area contributed by atoms with E-state index in [2.05, 4.69) is 9.98 Å². The van der Waals surface area contributed by atoms with Gasteiger partial charge in [-0.05, 0) is 54.1 Å². The Balaban J connectivity index is 1.58. The number of benzene rings is 3. The fraction of sp³-hybridized carbons (Fsp3) is 0. The summed E-state index contributed by atoms with van der Waals surface area (Å²) in [6.07, 6.45) is 5.34. The van der Waals surface area contributed by atoms with Gasteiger partial charge in [-0.25, -0.2) is 4.98 Å². The molecule has 0 amide bonds. The molecule has 3 nitrogen and oxygen atoms in total. The molecule has 0 saturated carbocycles. The van der Waals surface area contributed by atoms with Crippen LogP contribution in [-0.4, -0.2) is 16.3 Å². The van der Waals surface area contributed by atoms with E-state index in [1.807, 2.05) is 42.5 Å². The SMILES string of the molecule is Oc1ccc(N=C/C=C/c2ccc(Cl)cc2Cl)cc1-c1nc2ccccc2s1. The van der Waals surface area contributed by atoms with E-state index < -0.39 is 0 Å². The maximum atomic E-state index is 10.3. The summed E-state index contributed by atoms with van der Waals surface area (Å²) in [7, 11) is 0. The van der Waals surface area contributed by atoms with Crippen molar-refractivity contribution in [2.75, 3.05) is 0 Å². The maximum Gasteiger partial charge on any atom is 0.128 e. The van der Waals surface area contributed by atoms with Gasteiger partial charge in [0.1, 0.15) is 10.8 Å². The first-order valence-corrected chi connectivity index (χ1v) is 10.0. The van der Waals surface area contributed by atoms with Crippen molar-refractivity contribution >= 4 is 62.7 Å². The van der Waals surface area contributed by atoms with Crippen molar-refractivity contribution in [1.82, 2.24) is 4.98 Å². The molecule has 0 aliphatic carbocycles. The molecule has 0 spiro atoms. The molecular weight excluding hydrogens is 411 g/mol.